The molecule has 0 aliphatic rings. The summed E-state index contributed by atoms with van der Waals surface area (Å²) in [6.45, 7) is 9.99. The molecule has 0 unspecified atom stereocenters. The first-order chi connectivity index (χ1) is 8.08. The number of aromatic nitrogens is 1. The van der Waals surface area contributed by atoms with Gasteiger partial charge in [0.15, 0.2) is 0 Å². The van der Waals surface area contributed by atoms with Crippen LogP contribution >= 0.6 is 0 Å². The van der Waals surface area contributed by atoms with E-state index in [1.807, 2.05) is 24.4 Å². The third kappa shape index (κ3) is 7.88. The molecular formula is C14H24N2O. The molecule has 17 heavy (non-hydrogen) atoms. The van der Waals surface area contributed by atoms with E-state index in [2.05, 4.69) is 31.1 Å². The van der Waals surface area contributed by atoms with Crippen molar-refractivity contribution in [3.05, 3.63) is 30.1 Å². The molecule has 1 N–H and O–H groups in total. The lowest BCUT2D eigenvalue weighted by Crippen LogP contribution is -2.20. The first-order valence-corrected chi connectivity index (χ1v) is 6.26. The third-order valence-electron chi connectivity index (χ3n) is 2.45. The second kappa shape index (κ2) is 7.41. The van der Waals surface area contributed by atoms with Crippen molar-refractivity contribution in [1.29, 1.82) is 0 Å². The molecule has 96 valence electrons. The zero-order chi connectivity index (χ0) is 12.6. The number of rotatable bonds is 7. The molecule has 0 amide bonds. The number of hydrogen-bond acceptors (Lipinski definition) is 3. The van der Waals surface area contributed by atoms with E-state index >= 15 is 0 Å². The molecule has 0 bridgehead atoms. The van der Waals surface area contributed by atoms with Gasteiger partial charge in [-0.1, -0.05) is 26.8 Å². The maximum Gasteiger partial charge on any atom is 0.0591 e. The summed E-state index contributed by atoms with van der Waals surface area (Å²) in [7, 11) is 0. The minimum absolute atomic E-state index is 0.362. The third-order valence-corrected chi connectivity index (χ3v) is 2.45. The lowest BCUT2D eigenvalue weighted by atomic mass is 9.93. The van der Waals surface area contributed by atoms with Crippen LogP contribution in [0.5, 0.6) is 0 Å². The minimum Gasteiger partial charge on any atom is -0.380 e. The van der Waals surface area contributed by atoms with Gasteiger partial charge in [-0.3, -0.25) is 4.98 Å². The van der Waals surface area contributed by atoms with Gasteiger partial charge in [-0.05, 0) is 24.0 Å². The smallest absolute Gasteiger partial charge is 0.0591 e. The van der Waals surface area contributed by atoms with Crippen LogP contribution in [0.3, 0.4) is 0 Å². The fourth-order valence-electron chi connectivity index (χ4n) is 1.34. The molecule has 1 aromatic heterocycles. The summed E-state index contributed by atoms with van der Waals surface area (Å²) in [5.74, 6) is 0. The summed E-state index contributed by atoms with van der Waals surface area (Å²) < 4.78 is 5.56. The van der Waals surface area contributed by atoms with Gasteiger partial charge in [0.2, 0.25) is 0 Å². The summed E-state index contributed by atoms with van der Waals surface area (Å²) in [6, 6.07) is 5.95. The molecule has 1 heterocycles. The summed E-state index contributed by atoms with van der Waals surface area (Å²) in [6.07, 6.45) is 2.92. The number of nitrogens with one attached hydrogen (secondary N) is 1. The monoisotopic (exact) mass is 236 g/mol. The van der Waals surface area contributed by atoms with Gasteiger partial charge in [0.05, 0.1) is 12.3 Å². The average molecular weight is 236 g/mol. The topological polar surface area (TPSA) is 34.1 Å². The van der Waals surface area contributed by atoms with Gasteiger partial charge in [-0.2, -0.15) is 0 Å². The predicted octanol–water partition coefficient (Wildman–Crippen LogP) is 2.62. The van der Waals surface area contributed by atoms with Crippen LogP contribution in [0.2, 0.25) is 0 Å². The molecule has 0 spiro atoms. The quantitative estimate of drug-likeness (QED) is 0.739. The van der Waals surface area contributed by atoms with E-state index < -0.39 is 0 Å². The van der Waals surface area contributed by atoms with Crippen LogP contribution < -0.4 is 5.32 Å². The second-order valence-electron chi connectivity index (χ2n) is 5.42. The van der Waals surface area contributed by atoms with Crippen LogP contribution in [0.15, 0.2) is 24.4 Å². The van der Waals surface area contributed by atoms with Crippen LogP contribution in [-0.2, 0) is 11.3 Å². The van der Waals surface area contributed by atoms with Crippen molar-refractivity contribution in [2.24, 2.45) is 5.41 Å². The Labute approximate surface area is 105 Å². The van der Waals surface area contributed by atoms with E-state index in [9.17, 15) is 0 Å². The van der Waals surface area contributed by atoms with Crippen LogP contribution in [0.4, 0.5) is 0 Å². The molecule has 0 radical (unpaired) electrons. The number of nitrogens with zero attached hydrogens (tertiary/aromatic N) is 1. The van der Waals surface area contributed by atoms with Gasteiger partial charge < -0.3 is 10.1 Å². The molecule has 0 aliphatic carbocycles. The molecule has 0 saturated carbocycles. The van der Waals surface area contributed by atoms with Gasteiger partial charge in [0, 0.05) is 25.9 Å². The fourth-order valence-corrected chi connectivity index (χ4v) is 1.34. The lowest BCUT2D eigenvalue weighted by molar-refractivity contribution is 0.110. The van der Waals surface area contributed by atoms with Crippen LogP contribution in [-0.4, -0.2) is 24.7 Å². The van der Waals surface area contributed by atoms with Crippen LogP contribution in [0, 0.1) is 5.41 Å². The Morgan fingerprint density at radius 2 is 2.06 bits per heavy atom. The largest absolute Gasteiger partial charge is 0.380 e. The van der Waals surface area contributed by atoms with Crippen molar-refractivity contribution in [3.63, 3.8) is 0 Å². The Balaban J connectivity index is 1.95. The minimum atomic E-state index is 0.362. The SMILES string of the molecule is CC(C)(C)CCOCCNCc1ccccn1. The van der Waals surface area contributed by atoms with E-state index in [1.165, 1.54) is 0 Å². The van der Waals surface area contributed by atoms with Crippen molar-refractivity contribution in [1.82, 2.24) is 10.3 Å². The lowest BCUT2D eigenvalue weighted by Gasteiger charge is -2.17. The van der Waals surface area contributed by atoms with E-state index in [1.54, 1.807) is 0 Å². The van der Waals surface area contributed by atoms with Crippen molar-refractivity contribution >= 4 is 0 Å². The highest BCUT2D eigenvalue weighted by Gasteiger charge is 2.08. The Morgan fingerprint density at radius 1 is 1.24 bits per heavy atom. The fraction of sp³-hybridized carbons (Fsp3) is 0.643. The van der Waals surface area contributed by atoms with Gasteiger partial charge >= 0.3 is 0 Å². The van der Waals surface area contributed by atoms with Crippen molar-refractivity contribution in [2.75, 3.05) is 19.8 Å². The molecule has 3 nitrogen and oxygen atoms in total. The summed E-state index contributed by atoms with van der Waals surface area (Å²) in [4.78, 5) is 4.24. The van der Waals surface area contributed by atoms with E-state index in [0.29, 0.717) is 5.41 Å². The Morgan fingerprint density at radius 3 is 2.71 bits per heavy atom. The first-order valence-electron chi connectivity index (χ1n) is 6.26. The number of pyridine rings is 1. The highest BCUT2D eigenvalue weighted by molar-refractivity contribution is 5.02. The van der Waals surface area contributed by atoms with E-state index in [-0.39, 0.29) is 0 Å². The molecule has 0 fully saturated rings. The second-order valence-corrected chi connectivity index (χ2v) is 5.42. The van der Waals surface area contributed by atoms with Gasteiger partial charge in [-0.15, -0.1) is 0 Å². The normalized spacial score (nSPS) is 11.7. The first kappa shape index (κ1) is 14.1. The standard InChI is InChI=1S/C14H24N2O/c1-14(2,3)7-10-17-11-9-15-12-13-6-4-5-8-16-13/h4-6,8,15H,7,9-12H2,1-3H3. The molecule has 0 saturated heterocycles. The number of ether oxygens (including phenoxy) is 1. The van der Waals surface area contributed by atoms with Gasteiger partial charge in [0.1, 0.15) is 0 Å². The van der Waals surface area contributed by atoms with Crippen molar-refractivity contribution in [3.8, 4) is 0 Å². The van der Waals surface area contributed by atoms with Crippen molar-refractivity contribution < 1.29 is 4.74 Å². The zero-order valence-corrected chi connectivity index (χ0v) is 11.2. The molecule has 1 rings (SSSR count). The summed E-state index contributed by atoms with van der Waals surface area (Å²) in [5.41, 5.74) is 1.43. The van der Waals surface area contributed by atoms with Gasteiger partial charge in [-0.25, -0.2) is 0 Å². The van der Waals surface area contributed by atoms with Crippen LogP contribution in [0.1, 0.15) is 32.9 Å². The van der Waals surface area contributed by atoms with Crippen molar-refractivity contribution in [2.45, 2.75) is 33.7 Å². The molecular weight excluding hydrogens is 212 g/mol. The summed E-state index contributed by atoms with van der Waals surface area (Å²) >= 11 is 0. The maximum absolute atomic E-state index is 5.56. The van der Waals surface area contributed by atoms with E-state index in [0.717, 1.165) is 38.4 Å². The zero-order valence-electron chi connectivity index (χ0n) is 11.2. The molecule has 3 heteroatoms. The van der Waals surface area contributed by atoms with Gasteiger partial charge in [0.25, 0.3) is 0 Å². The predicted molar refractivity (Wildman–Crippen MR) is 70.8 cm³/mol. The van der Waals surface area contributed by atoms with E-state index in [4.69, 9.17) is 4.74 Å². The highest BCUT2D eigenvalue weighted by atomic mass is 16.5. The highest BCUT2D eigenvalue weighted by Crippen LogP contribution is 2.17. The number of hydrogen-bond donors (Lipinski definition) is 1. The van der Waals surface area contributed by atoms with Crippen LogP contribution in [0.25, 0.3) is 0 Å². The Kier molecular flexibility index (Phi) is 6.16. The summed E-state index contributed by atoms with van der Waals surface area (Å²) in [5, 5.41) is 3.31. The molecule has 0 aromatic carbocycles. The Bertz CT molecular complexity index is 293. The molecule has 1 aromatic rings. The Hall–Kier alpha value is -0.930. The molecule has 0 aliphatic heterocycles. The maximum atomic E-state index is 5.56. The molecule has 0 atom stereocenters. The average Bonchev–Trinajstić information content (AvgIpc) is 2.28.